The number of nitrogens with zero attached hydrogens (tertiary/aromatic N) is 5. The van der Waals surface area contributed by atoms with Crippen LogP contribution in [0.25, 0.3) is 11.2 Å². The van der Waals surface area contributed by atoms with Crippen LogP contribution in [0.1, 0.15) is 18.9 Å². The molecule has 0 N–H and O–H groups in total. The first-order chi connectivity index (χ1) is 16.5. The predicted octanol–water partition coefficient (Wildman–Crippen LogP) is 3.33. The zero-order valence-corrected chi connectivity index (χ0v) is 19.8. The summed E-state index contributed by atoms with van der Waals surface area (Å²) >= 11 is 0. The molecule has 0 saturated heterocycles. The molecule has 2 aromatic carbocycles. The van der Waals surface area contributed by atoms with Crippen LogP contribution < -0.4 is 20.9 Å². The summed E-state index contributed by atoms with van der Waals surface area (Å²) in [5.74, 6) is 1.67. The summed E-state index contributed by atoms with van der Waals surface area (Å²) in [5.41, 5.74) is 2.36. The molecule has 3 heterocycles. The molecule has 8 nitrogen and oxygen atoms in total. The van der Waals surface area contributed by atoms with Crippen LogP contribution in [0.4, 0.5) is 11.6 Å². The molecule has 0 spiro atoms. The van der Waals surface area contributed by atoms with Gasteiger partial charge in [0.15, 0.2) is 11.2 Å². The second-order valence-corrected chi connectivity index (χ2v) is 8.97. The Kier molecular flexibility index (Phi) is 5.73. The van der Waals surface area contributed by atoms with E-state index in [-0.39, 0.29) is 17.2 Å². The van der Waals surface area contributed by atoms with Gasteiger partial charge in [-0.1, -0.05) is 49.4 Å². The first-order valence-corrected chi connectivity index (χ1v) is 11.6. The van der Waals surface area contributed by atoms with Gasteiger partial charge in [-0.05, 0) is 36.5 Å². The van der Waals surface area contributed by atoms with Crippen molar-refractivity contribution in [2.45, 2.75) is 32.9 Å². The van der Waals surface area contributed by atoms with Crippen molar-refractivity contribution in [1.29, 1.82) is 0 Å². The van der Waals surface area contributed by atoms with Gasteiger partial charge in [0.1, 0.15) is 5.75 Å². The van der Waals surface area contributed by atoms with Gasteiger partial charge in [-0.2, -0.15) is 4.98 Å². The summed E-state index contributed by atoms with van der Waals surface area (Å²) < 4.78 is 10.4. The molecule has 2 aromatic heterocycles. The molecule has 0 amide bonds. The fourth-order valence-corrected chi connectivity index (χ4v) is 4.84. The van der Waals surface area contributed by atoms with Crippen LogP contribution in [0.5, 0.6) is 5.75 Å². The number of imidazole rings is 1. The highest BCUT2D eigenvalue weighted by molar-refractivity contribution is 5.78. The molecule has 5 rings (SSSR count). The lowest BCUT2D eigenvalue weighted by Crippen LogP contribution is -2.40. The third kappa shape index (κ3) is 3.69. The number of anilines is 2. The zero-order valence-electron chi connectivity index (χ0n) is 19.8. The minimum absolute atomic E-state index is 0.276. The molecular weight excluding hydrogens is 430 g/mol. The molecule has 0 aliphatic carbocycles. The number of ether oxygens (including phenoxy) is 1. The van der Waals surface area contributed by atoms with Crippen LogP contribution in [-0.2, 0) is 26.6 Å². The van der Waals surface area contributed by atoms with Gasteiger partial charge >= 0.3 is 5.69 Å². The highest BCUT2D eigenvalue weighted by atomic mass is 16.5. The van der Waals surface area contributed by atoms with Crippen molar-refractivity contribution in [2.24, 2.45) is 13.0 Å². The molecule has 1 aliphatic heterocycles. The van der Waals surface area contributed by atoms with E-state index in [4.69, 9.17) is 9.72 Å². The van der Waals surface area contributed by atoms with Crippen molar-refractivity contribution < 1.29 is 4.74 Å². The molecule has 34 heavy (non-hydrogen) atoms. The van der Waals surface area contributed by atoms with E-state index in [1.807, 2.05) is 47.0 Å². The van der Waals surface area contributed by atoms with Crippen molar-refractivity contribution in [3.63, 3.8) is 0 Å². The molecule has 8 heteroatoms. The molecule has 0 bridgehead atoms. The number of aryl methyl sites for hydroxylation is 2. The Morgan fingerprint density at radius 3 is 2.53 bits per heavy atom. The first-order valence-electron chi connectivity index (χ1n) is 11.6. The molecular formula is C26H29N5O3. The Balaban J connectivity index is 1.60. The quantitative estimate of drug-likeness (QED) is 0.442. The van der Waals surface area contributed by atoms with Gasteiger partial charge in [0, 0.05) is 26.7 Å². The maximum atomic E-state index is 13.6. The third-order valence-electron chi connectivity index (χ3n) is 6.51. The molecule has 1 atom stereocenters. The Bertz CT molecular complexity index is 1450. The largest absolute Gasteiger partial charge is 0.495 e. The molecule has 1 unspecified atom stereocenters. The molecule has 1 aliphatic rings. The van der Waals surface area contributed by atoms with Crippen LogP contribution in [0, 0.1) is 5.92 Å². The van der Waals surface area contributed by atoms with Crippen molar-refractivity contribution in [3.8, 4) is 5.75 Å². The lowest BCUT2D eigenvalue weighted by Gasteiger charge is -2.33. The summed E-state index contributed by atoms with van der Waals surface area (Å²) in [7, 11) is 3.33. The number of aromatic nitrogens is 4. The normalized spacial score (nSPS) is 15.5. The standard InChI is InChI=1S/C26H29N5O3/c1-18-16-30(20-13-7-8-14-21(20)34-3)25-27-23-22(31(25)17-18)24(32)29(26(33)28(23)2)15-9-12-19-10-5-4-6-11-19/h4-8,10-11,13-14,18H,9,12,15-17H2,1-3H3. The lowest BCUT2D eigenvalue weighted by atomic mass is 10.1. The van der Waals surface area contributed by atoms with Gasteiger partial charge in [0.2, 0.25) is 5.95 Å². The smallest absolute Gasteiger partial charge is 0.332 e. The summed E-state index contributed by atoms with van der Waals surface area (Å²) in [6, 6.07) is 17.9. The van der Waals surface area contributed by atoms with E-state index in [1.54, 1.807) is 14.2 Å². The van der Waals surface area contributed by atoms with Gasteiger partial charge in [-0.15, -0.1) is 0 Å². The van der Waals surface area contributed by atoms with Crippen LogP contribution in [0.2, 0.25) is 0 Å². The summed E-state index contributed by atoms with van der Waals surface area (Å²) in [4.78, 5) is 33.6. The van der Waals surface area contributed by atoms with Gasteiger partial charge in [-0.3, -0.25) is 13.9 Å². The second-order valence-electron chi connectivity index (χ2n) is 8.97. The van der Waals surface area contributed by atoms with Gasteiger partial charge in [0.05, 0.1) is 12.8 Å². The Labute approximate surface area is 197 Å². The zero-order chi connectivity index (χ0) is 23.8. The van der Waals surface area contributed by atoms with E-state index in [9.17, 15) is 9.59 Å². The average Bonchev–Trinajstić information content (AvgIpc) is 3.24. The minimum atomic E-state index is -0.335. The third-order valence-corrected chi connectivity index (χ3v) is 6.51. The van der Waals surface area contributed by atoms with Crippen molar-refractivity contribution >= 4 is 22.8 Å². The first kappa shape index (κ1) is 22.0. The molecule has 4 aromatic rings. The Morgan fingerprint density at radius 2 is 1.76 bits per heavy atom. The topological polar surface area (TPSA) is 74.3 Å². The average molecular weight is 460 g/mol. The fourth-order valence-electron chi connectivity index (χ4n) is 4.84. The van der Waals surface area contributed by atoms with Gasteiger partial charge in [-0.25, -0.2) is 4.79 Å². The molecule has 0 fully saturated rings. The maximum Gasteiger partial charge on any atom is 0.332 e. The molecule has 0 radical (unpaired) electrons. The minimum Gasteiger partial charge on any atom is -0.495 e. The number of fused-ring (bicyclic) bond motifs is 3. The SMILES string of the molecule is COc1ccccc1N1CC(C)Cn2c1nc1c2c(=O)n(CCCc2ccccc2)c(=O)n1C. The number of para-hydroxylation sites is 2. The van der Waals surface area contributed by atoms with E-state index < -0.39 is 0 Å². The fraction of sp³-hybridized carbons (Fsp3) is 0.346. The summed E-state index contributed by atoms with van der Waals surface area (Å²) in [6.07, 6.45) is 1.51. The number of hydrogen-bond acceptors (Lipinski definition) is 5. The van der Waals surface area contributed by atoms with Crippen molar-refractivity contribution in [1.82, 2.24) is 18.7 Å². The van der Waals surface area contributed by atoms with Crippen molar-refractivity contribution in [3.05, 3.63) is 81.0 Å². The van der Waals surface area contributed by atoms with Crippen LogP contribution >= 0.6 is 0 Å². The monoisotopic (exact) mass is 459 g/mol. The number of methoxy groups -OCH3 is 1. The molecule has 0 saturated carbocycles. The Morgan fingerprint density at radius 1 is 1.03 bits per heavy atom. The highest BCUT2D eigenvalue weighted by Gasteiger charge is 2.31. The second kappa shape index (κ2) is 8.85. The Hall–Kier alpha value is -3.81. The van der Waals surface area contributed by atoms with Crippen molar-refractivity contribution in [2.75, 3.05) is 18.6 Å². The van der Waals surface area contributed by atoms with Crippen LogP contribution in [0.3, 0.4) is 0 Å². The van der Waals surface area contributed by atoms with Crippen LogP contribution in [-0.4, -0.2) is 32.3 Å². The predicted molar refractivity (Wildman–Crippen MR) is 133 cm³/mol. The van der Waals surface area contributed by atoms with E-state index in [0.29, 0.717) is 36.6 Å². The van der Waals surface area contributed by atoms with Crippen LogP contribution in [0.15, 0.2) is 64.2 Å². The van der Waals surface area contributed by atoms with E-state index >= 15 is 0 Å². The summed E-state index contributed by atoms with van der Waals surface area (Å²) in [5, 5.41) is 0. The van der Waals surface area contributed by atoms with Gasteiger partial charge in [0.25, 0.3) is 5.56 Å². The number of benzene rings is 2. The summed E-state index contributed by atoms with van der Waals surface area (Å²) in [6.45, 7) is 3.91. The number of hydrogen-bond donors (Lipinski definition) is 0. The van der Waals surface area contributed by atoms with E-state index in [0.717, 1.165) is 24.4 Å². The van der Waals surface area contributed by atoms with E-state index in [2.05, 4.69) is 24.0 Å². The van der Waals surface area contributed by atoms with Gasteiger partial charge < -0.3 is 14.2 Å². The number of rotatable bonds is 6. The highest BCUT2D eigenvalue weighted by Crippen LogP contribution is 2.37. The molecule has 176 valence electrons. The lowest BCUT2D eigenvalue weighted by molar-refractivity contribution is 0.409. The maximum absolute atomic E-state index is 13.6. The van der Waals surface area contributed by atoms with E-state index in [1.165, 1.54) is 14.7 Å².